The van der Waals surface area contributed by atoms with Crippen LogP contribution >= 0.6 is 22.7 Å². The van der Waals surface area contributed by atoms with Crippen LogP contribution in [0.1, 0.15) is 70.1 Å². The zero-order valence-corrected chi connectivity index (χ0v) is 30.4. The Hall–Kier alpha value is -4.84. The van der Waals surface area contributed by atoms with Gasteiger partial charge in [0.2, 0.25) is 0 Å². The van der Waals surface area contributed by atoms with Gasteiger partial charge >= 0.3 is 5.97 Å². The second-order valence-electron chi connectivity index (χ2n) is 12.0. The Morgan fingerprint density at radius 1 is 0.660 bits per heavy atom. The molecule has 2 heterocycles. The number of ether oxygens (including phenoxy) is 2. The second kappa shape index (κ2) is 18.8. The number of carbonyl (C=O) groups is 1. The molecule has 1 N–H and O–H groups in total. The monoisotopic (exact) mass is 704 g/mol. The van der Waals surface area contributed by atoms with Crippen LogP contribution in [-0.2, 0) is 4.79 Å². The number of hydrogen-bond donors (Lipinski definition) is 1. The number of hydrogen-bond acceptors (Lipinski definition) is 7. The van der Waals surface area contributed by atoms with Crippen molar-refractivity contribution in [2.45, 2.75) is 65.2 Å². The molecular formula is C42H44N2O4S2. The SMILES string of the molecule is CCCCCCOc1ccc(N(c2ccc(OCCCCCC)cc2)c2ccc(-c3ccc(-c4ccc(/C=C(/C#N)C(=O)O)s4)s3)cc2)cc1. The molecular weight excluding hydrogens is 661 g/mol. The topological polar surface area (TPSA) is 82.8 Å². The third kappa shape index (κ3) is 10.1. The number of nitrogens with zero attached hydrogens (tertiary/aromatic N) is 2. The number of anilines is 3. The van der Waals surface area contributed by atoms with Crippen LogP contribution in [0.4, 0.5) is 17.1 Å². The van der Waals surface area contributed by atoms with E-state index in [1.165, 1.54) is 55.9 Å². The normalized spacial score (nSPS) is 11.3. The lowest BCUT2D eigenvalue weighted by molar-refractivity contribution is -0.132. The average Bonchev–Trinajstić information content (AvgIpc) is 3.82. The summed E-state index contributed by atoms with van der Waals surface area (Å²) in [5.41, 5.74) is 3.94. The molecule has 8 heteroatoms. The predicted molar refractivity (Wildman–Crippen MR) is 208 cm³/mol. The minimum absolute atomic E-state index is 0.274. The van der Waals surface area contributed by atoms with E-state index in [1.54, 1.807) is 17.4 Å². The summed E-state index contributed by atoms with van der Waals surface area (Å²) in [7, 11) is 0. The molecule has 0 aliphatic rings. The summed E-state index contributed by atoms with van der Waals surface area (Å²) < 4.78 is 12.1. The summed E-state index contributed by atoms with van der Waals surface area (Å²) >= 11 is 3.15. The molecule has 0 bridgehead atoms. The van der Waals surface area contributed by atoms with E-state index in [1.807, 2.05) is 36.4 Å². The molecule has 0 atom stereocenters. The first-order valence-corrected chi connectivity index (χ1v) is 19.0. The van der Waals surface area contributed by atoms with Crippen molar-refractivity contribution in [2.75, 3.05) is 18.1 Å². The molecule has 5 rings (SSSR count). The molecule has 0 spiro atoms. The van der Waals surface area contributed by atoms with Crippen LogP contribution in [0.2, 0.25) is 0 Å². The number of unbranched alkanes of at least 4 members (excludes halogenated alkanes) is 6. The summed E-state index contributed by atoms with van der Waals surface area (Å²) in [6.07, 6.45) is 10.8. The highest BCUT2D eigenvalue weighted by Gasteiger charge is 2.15. The molecule has 0 amide bonds. The van der Waals surface area contributed by atoms with Gasteiger partial charge in [-0.05, 0) is 109 Å². The van der Waals surface area contributed by atoms with Gasteiger partial charge in [0.25, 0.3) is 0 Å². The van der Waals surface area contributed by atoms with Crippen LogP contribution in [0, 0.1) is 11.3 Å². The van der Waals surface area contributed by atoms with Crippen LogP contribution < -0.4 is 14.4 Å². The molecule has 6 nitrogen and oxygen atoms in total. The molecule has 258 valence electrons. The fraction of sp³-hybridized carbons (Fsp3) is 0.286. The molecule has 0 radical (unpaired) electrons. The summed E-state index contributed by atoms with van der Waals surface area (Å²) in [4.78, 5) is 17.5. The highest BCUT2D eigenvalue weighted by atomic mass is 32.1. The van der Waals surface area contributed by atoms with Crippen molar-refractivity contribution in [3.8, 4) is 37.8 Å². The Morgan fingerprint density at radius 2 is 1.14 bits per heavy atom. The molecule has 0 aliphatic carbocycles. The summed E-state index contributed by atoms with van der Waals surface area (Å²) in [5.74, 6) is 0.533. The highest BCUT2D eigenvalue weighted by Crippen LogP contribution is 2.40. The molecule has 0 saturated heterocycles. The predicted octanol–water partition coefficient (Wildman–Crippen LogP) is 12.5. The van der Waals surface area contributed by atoms with E-state index in [-0.39, 0.29) is 5.57 Å². The highest BCUT2D eigenvalue weighted by molar-refractivity contribution is 7.24. The third-order valence-corrected chi connectivity index (χ3v) is 10.6. The van der Waals surface area contributed by atoms with Gasteiger partial charge in [-0.15, -0.1) is 22.7 Å². The Bertz CT molecular complexity index is 1810. The standard InChI is InChI=1S/C42H44N2O4S2/c1-3-5-7-9-27-47-36-19-15-34(16-20-36)44(35-17-21-37(22-18-35)48-28-10-8-6-4-2)33-13-11-31(12-14-33)39-25-26-41(50-39)40-24-23-38(49-40)29-32(30-43)42(45)46/h11-26,29H,3-10,27-28H2,1-2H3,(H,45,46)/b32-29-. The minimum Gasteiger partial charge on any atom is -0.494 e. The quantitative estimate of drug-likeness (QED) is 0.0523. The lowest BCUT2D eigenvalue weighted by Crippen LogP contribution is -2.10. The van der Waals surface area contributed by atoms with Gasteiger partial charge in [-0.2, -0.15) is 5.26 Å². The van der Waals surface area contributed by atoms with Gasteiger partial charge in [-0.25, -0.2) is 4.79 Å². The number of aliphatic carboxylic acids is 1. The van der Waals surface area contributed by atoms with E-state index in [2.05, 4.69) is 79.4 Å². The smallest absolute Gasteiger partial charge is 0.346 e. The van der Waals surface area contributed by atoms with E-state index in [0.717, 1.165) is 79.7 Å². The van der Waals surface area contributed by atoms with Crippen molar-refractivity contribution >= 4 is 51.8 Å². The van der Waals surface area contributed by atoms with Crippen LogP contribution in [0.5, 0.6) is 11.5 Å². The van der Waals surface area contributed by atoms with Crippen molar-refractivity contribution in [3.05, 3.63) is 108 Å². The van der Waals surface area contributed by atoms with Gasteiger partial charge in [0, 0.05) is 36.6 Å². The van der Waals surface area contributed by atoms with Gasteiger partial charge in [-0.1, -0.05) is 64.5 Å². The Kier molecular flexibility index (Phi) is 13.7. The third-order valence-electron chi connectivity index (χ3n) is 8.25. The van der Waals surface area contributed by atoms with Gasteiger partial charge in [0.15, 0.2) is 0 Å². The first-order valence-electron chi connectivity index (χ1n) is 17.4. The maximum absolute atomic E-state index is 11.3. The molecule has 0 aliphatic heterocycles. The lowest BCUT2D eigenvalue weighted by Gasteiger charge is -2.26. The Balaban J connectivity index is 1.35. The number of benzene rings is 3. The second-order valence-corrected chi connectivity index (χ2v) is 14.2. The number of rotatable bonds is 19. The number of carboxylic acid groups (broad SMARTS) is 1. The van der Waals surface area contributed by atoms with Crippen LogP contribution in [0.25, 0.3) is 26.3 Å². The first kappa shape index (κ1) is 36.4. The molecule has 5 aromatic rings. The molecule has 0 unspecified atom stereocenters. The number of nitriles is 1. The summed E-state index contributed by atoms with van der Waals surface area (Å²) in [5, 5.41) is 18.3. The fourth-order valence-electron chi connectivity index (χ4n) is 5.51. The lowest BCUT2D eigenvalue weighted by atomic mass is 10.1. The van der Waals surface area contributed by atoms with E-state index < -0.39 is 5.97 Å². The molecule has 3 aromatic carbocycles. The van der Waals surface area contributed by atoms with Crippen molar-refractivity contribution in [1.82, 2.24) is 0 Å². The maximum atomic E-state index is 11.3. The molecule has 2 aromatic heterocycles. The van der Waals surface area contributed by atoms with Crippen molar-refractivity contribution in [1.29, 1.82) is 5.26 Å². The van der Waals surface area contributed by atoms with Crippen LogP contribution in [-0.4, -0.2) is 24.3 Å². The number of carboxylic acids is 1. The zero-order valence-electron chi connectivity index (χ0n) is 28.8. The van der Waals surface area contributed by atoms with Gasteiger partial charge in [0.05, 0.1) is 13.2 Å². The maximum Gasteiger partial charge on any atom is 0.346 e. The first-order chi connectivity index (χ1) is 24.5. The fourth-order valence-corrected chi connectivity index (χ4v) is 7.57. The average molecular weight is 705 g/mol. The van der Waals surface area contributed by atoms with Crippen molar-refractivity contribution in [3.63, 3.8) is 0 Å². The van der Waals surface area contributed by atoms with E-state index in [9.17, 15) is 9.90 Å². The Labute approximate surface area is 303 Å². The van der Waals surface area contributed by atoms with Gasteiger partial charge in [0.1, 0.15) is 23.1 Å². The molecule has 50 heavy (non-hydrogen) atoms. The van der Waals surface area contributed by atoms with Crippen LogP contribution in [0.3, 0.4) is 0 Å². The van der Waals surface area contributed by atoms with E-state index in [0.29, 0.717) is 0 Å². The zero-order chi connectivity index (χ0) is 35.1. The van der Waals surface area contributed by atoms with E-state index >= 15 is 0 Å². The largest absolute Gasteiger partial charge is 0.494 e. The van der Waals surface area contributed by atoms with Gasteiger partial charge in [-0.3, -0.25) is 0 Å². The summed E-state index contributed by atoms with van der Waals surface area (Å²) in [6, 6.07) is 35.0. The molecule has 0 saturated carbocycles. The van der Waals surface area contributed by atoms with Crippen LogP contribution in [0.15, 0.2) is 103 Å². The molecule has 0 fully saturated rings. The Morgan fingerprint density at radius 3 is 1.64 bits per heavy atom. The summed E-state index contributed by atoms with van der Waals surface area (Å²) in [6.45, 7) is 5.89. The van der Waals surface area contributed by atoms with E-state index in [4.69, 9.17) is 14.7 Å². The minimum atomic E-state index is -1.22. The van der Waals surface area contributed by atoms with Gasteiger partial charge < -0.3 is 19.5 Å². The number of thiophene rings is 2. The van der Waals surface area contributed by atoms with Crippen molar-refractivity contribution < 1.29 is 19.4 Å². The van der Waals surface area contributed by atoms with Crippen molar-refractivity contribution in [2.24, 2.45) is 0 Å².